The Hall–Kier alpha value is -3.43. The van der Waals surface area contributed by atoms with Gasteiger partial charge in [0.25, 0.3) is 5.91 Å². The summed E-state index contributed by atoms with van der Waals surface area (Å²) < 4.78 is 11.2. The van der Waals surface area contributed by atoms with Crippen molar-refractivity contribution in [2.24, 2.45) is 4.99 Å². The van der Waals surface area contributed by atoms with Crippen molar-refractivity contribution in [3.8, 4) is 5.75 Å². The largest absolute Gasteiger partial charge is 0.507 e. The number of nitrogens with zero attached hydrogens (tertiary/aromatic N) is 4. The Morgan fingerprint density at radius 2 is 1.94 bits per heavy atom. The smallest absolute Gasteiger partial charge is 0.258 e. The number of morpholine rings is 1. The minimum absolute atomic E-state index is 0.0535. The molecular weight excluding hydrogens is 458 g/mol. The van der Waals surface area contributed by atoms with Crippen LogP contribution in [0.1, 0.15) is 46.6 Å². The number of carbonyl (C=O) groups is 1. The van der Waals surface area contributed by atoms with Gasteiger partial charge in [-0.1, -0.05) is 18.2 Å². The van der Waals surface area contributed by atoms with Crippen LogP contribution >= 0.6 is 0 Å². The van der Waals surface area contributed by atoms with E-state index in [2.05, 4.69) is 38.3 Å². The second-order valence-corrected chi connectivity index (χ2v) is 10.5. The molecule has 0 spiro atoms. The van der Waals surface area contributed by atoms with Crippen molar-refractivity contribution in [1.82, 2.24) is 20.0 Å². The molecule has 3 aliphatic heterocycles. The number of ether oxygens (including phenoxy) is 2. The van der Waals surface area contributed by atoms with Gasteiger partial charge in [0.2, 0.25) is 0 Å². The van der Waals surface area contributed by atoms with Crippen LogP contribution in [0.15, 0.2) is 35.3 Å². The predicted octanol–water partition coefficient (Wildman–Crippen LogP) is 3.01. The molecule has 1 aromatic heterocycles. The molecule has 2 aromatic carbocycles. The second-order valence-electron chi connectivity index (χ2n) is 10.5. The summed E-state index contributed by atoms with van der Waals surface area (Å²) in [6, 6.07) is 9.79. The van der Waals surface area contributed by atoms with Crippen LogP contribution in [0.25, 0.3) is 10.9 Å². The number of H-pyrrole nitrogens is 1. The van der Waals surface area contributed by atoms with Gasteiger partial charge in [0, 0.05) is 44.2 Å². The normalized spacial score (nSPS) is 19.4. The molecule has 36 heavy (non-hydrogen) atoms. The van der Waals surface area contributed by atoms with Gasteiger partial charge in [0.05, 0.1) is 41.9 Å². The number of carbonyl (C=O) groups excluding carboxylic acids is 1. The van der Waals surface area contributed by atoms with Gasteiger partial charge in [0.1, 0.15) is 12.4 Å². The summed E-state index contributed by atoms with van der Waals surface area (Å²) in [5, 5.41) is 18.8. The molecule has 0 atom stereocenters. The highest BCUT2D eigenvalue weighted by atomic mass is 16.5. The molecule has 0 bridgehead atoms. The Balaban J connectivity index is 1.20. The highest BCUT2D eigenvalue weighted by Crippen LogP contribution is 2.31. The van der Waals surface area contributed by atoms with Crippen LogP contribution in [0, 0.1) is 0 Å². The Morgan fingerprint density at radius 1 is 1.14 bits per heavy atom. The highest BCUT2D eigenvalue weighted by Gasteiger charge is 2.29. The van der Waals surface area contributed by atoms with Crippen molar-refractivity contribution < 1.29 is 19.4 Å². The van der Waals surface area contributed by atoms with Crippen LogP contribution in [0.3, 0.4) is 0 Å². The molecule has 188 valence electrons. The van der Waals surface area contributed by atoms with Crippen molar-refractivity contribution >= 4 is 22.7 Å². The topological polar surface area (TPSA) is 103 Å². The highest BCUT2D eigenvalue weighted by molar-refractivity contribution is 6.02. The number of phenols is 1. The fourth-order valence-electron chi connectivity index (χ4n) is 5.19. The number of aromatic amines is 1. The van der Waals surface area contributed by atoms with Gasteiger partial charge in [-0.2, -0.15) is 5.10 Å². The van der Waals surface area contributed by atoms with Crippen LogP contribution in [-0.4, -0.2) is 75.4 Å². The average molecular weight is 490 g/mol. The molecule has 1 amide bonds. The van der Waals surface area contributed by atoms with Gasteiger partial charge in [-0.15, -0.1) is 0 Å². The third-order valence-electron chi connectivity index (χ3n) is 7.12. The fraction of sp³-hybridized carbons (Fsp3) is 0.444. The number of amides is 1. The maximum Gasteiger partial charge on any atom is 0.258 e. The molecule has 0 radical (unpaired) electrons. The summed E-state index contributed by atoms with van der Waals surface area (Å²) in [4.78, 5) is 22.3. The first-order chi connectivity index (χ1) is 17.3. The summed E-state index contributed by atoms with van der Waals surface area (Å²) >= 11 is 0. The first kappa shape index (κ1) is 23.0. The number of hydrogen-bond donors (Lipinski definition) is 2. The van der Waals surface area contributed by atoms with E-state index in [0.29, 0.717) is 37.5 Å². The minimum Gasteiger partial charge on any atom is -0.507 e. The van der Waals surface area contributed by atoms with Crippen molar-refractivity contribution in [3.05, 3.63) is 58.3 Å². The second kappa shape index (κ2) is 8.90. The van der Waals surface area contributed by atoms with Crippen LogP contribution in [0.2, 0.25) is 0 Å². The van der Waals surface area contributed by atoms with E-state index in [1.807, 2.05) is 13.8 Å². The molecule has 1 saturated heterocycles. The number of rotatable bonds is 5. The van der Waals surface area contributed by atoms with E-state index >= 15 is 0 Å². The molecule has 3 aliphatic rings. The first-order valence-corrected chi connectivity index (χ1v) is 12.5. The van der Waals surface area contributed by atoms with Gasteiger partial charge < -0.3 is 19.5 Å². The van der Waals surface area contributed by atoms with Crippen molar-refractivity contribution in [2.45, 2.75) is 45.4 Å². The predicted molar refractivity (Wildman–Crippen MR) is 135 cm³/mol. The number of nitrogens with one attached hydrogen (secondary N) is 1. The zero-order chi connectivity index (χ0) is 24.9. The average Bonchev–Trinajstić information content (AvgIpc) is 3.55. The van der Waals surface area contributed by atoms with Crippen LogP contribution in [-0.2, 0) is 35.5 Å². The molecule has 2 N–H and O–H groups in total. The molecule has 9 heteroatoms. The lowest BCUT2D eigenvalue weighted by molar-refractivity contribution is 0.0342. The lowest BCUT2D eigenvalue weighted by Gasteiger charge is -2.26. The SMILES string of the molecule is CC1(C)COC(Cc2n[nH]c3cc(O)c(C(=O)N4Cc5ccc(CN6CCOCC6)cc5C4)cc23)=N1. The quantitative estimate of drug-likeness (QED) is 0.571. The summed E-state index contributed by atoms with van der Waals surface area (Å²) in [7, 11) is 0. The Bertz CT molecular complexity index is 1360. The van der Waals surface area contributed by atoms with Gasteiger partial charge in [0.15, 0.2) is 5.90 Å². The van der Waals surface area contributed by atoms with Crippen molar-refractivity contribution in [1.29, 1.82) is 0 Å². The molecule has 3 aromatic rings. The Labute approximate surface area is 209 Å². The number of phenolic OH excluding ortho intramolecular Hbond substituents is 1. The van der Waals surface area contributed by atoms with E-state index in [0.717, 1.165) is 55.1 Å². The van der Waals surface area contributed by atoms with Crippen molar-refractivity contribution in [3.63, 3.8) is 0 Å². The number of hydrogen-bond acceptors (Lipinski definition) is 7. The number of aliphatic imine (C=N–C) groups is 1. The number of benzene rings is 2. The molecular formula is C27H31N5O4. The first-order valence-electron chi connectivity index (χ1n) is 12.5. The monoisotopic (exact) mass is 489 g/mol. The Kier molecular flexibility index (Phi) is 5.69. The summed E-state index contributed by atoms with van der Waals surface area (Å²) in [5.74, 6) is 0.391. The van der Waals surface area contributed by atoms with E-state index in [1.54, 1.807) is 17.0 Å². The van der Waals surface area contributed by atoms with Crippen LogP contribution in [0.5, 0.6) is 5.75 Å². The Morgan fingerprint density at radius 3 is 2.72 bits per heavy atom. The van der Waals surface area contributed by atoms with E-state index in [1.165, 1.54) is 5.56 Å². The van der Waals surface area contributed by atoms with E-state index in [4.69, 9.17) is 9.47 Å². The fourth-order valence-corrected chi connectivity index (χ4v) is 5.19. The zero-order valence-electron chi connectivity index (χ0n) is 20.7. The van der Waals surface area contributed by atoms with Gasteiger partial charge in [-0.3, -0.25) is 14.8 Å². The standard InChI is InChI=1S/C27H31N5O4/c1-27(2)16-36-25(28-27)12-23-20-10-21(24(33)11-22(20)29-30-23)26(34)32-14-18-4-3-17(9-19(18)15-32)13-31-5-7-35-8-6-31/h3-4,9-11,33H,5-8,12-16H2,1-2H3,(H,29,30). The lowest BCUT2D eigenvalue weighted by Crippen LogP contribution is -2.35. The third-order valence-corrected chi connectivity index (χ3v) is 7.12. The molecule has 0 saturated carbocycles. The molecule has 0 unspecified atom stereocenters. The van der Waals surface area contributed by atoms with Crippen LogP contribution < -0.4 is 0 Å². The number of fused-ring (bicyclic) bond motifs is 2. The maximum absolute atomic E-state index is 13.5. The van der Waals surface area contributed by atoms with Gasteiger partial charge >= 0.3 is 0 Å². The maximum atomic E-state index is 13.5. The number of aromatic nitrogens is 2. The summed E-state index contributed by atoms with van der Waals surface area (Å²) in [6.07, 6.45) is 0.433. The lowest BCUT2D eigenvalue weighted by atomic mass is 10.1. The minimum atomic E-state index is -0.242. The molecule has 9 nitrogen and oxygen atoms in total. The summed E-state index contributed by atoms with van der Waals surface area (Å²) in [6.45, 7) is 9.97. The van der Waals surface area contributed by atoms with Crippen LogP contribution in [0.4, 0.5) is 0 Å². The molecule has 0 aliphatic carbocycles. The summed E-state index contributed by atoms with van der Waals surface area (Å²) in [5.41, 5.74) is 5.02. The zero-order valence-corrected chi connectivity index (χ0v) is 20.7. The number of aromatic hydroxyl groups is 1. The van der Waals surface area contributed by atoms with E-state index in [9.17, 15) is 9.90 Å². The van der Waals surface area contributed by atoms with Crippen molar-refractivity contribution in [2.75, 3.05) is 32.9 Å². The van der Waals surface area contributed by atoms with Gasteiger partial charge in [-0.05, 0) is 36.6 Å². The molecule has 6 rings (SSSR count). The van der Waals surface area contributed by atoms with Gasteiger partial charge in [-0.25, -0.2) is 4.99 Å². The third kappa shape index (κ3) is 4.44. The van der Waals surface area contributed by atoms with E-state index < -0.39 is 0 Å². The molecule has 4 heterocycles. The van der Waals surface area contributed by atoms with E-state index in [-0.39, 0.29) is 22.8 Å². The molecule has 1 fully saturated rings.